The lowest BCUT2D eigenvalue weighted by Gasteiger charge is -2.12. The third-order valence-electron chi connectivity index (χ3n) is 2.52. The molecule has 1 unspecified atom stereocenters. The molecule has 0 saturated heterocycles. The quantitative estimate of drug-likeness (QED) is 0.696. The molecular formula is C13H21NO2. The molecule has 0 aliphatic heterocycles. The van der Waals surface area contributed by atoms with Crippen molar-refractivity contribution in [2.24, 2.45) is 0 Å². The number of nitrogens with one attached hydrogen (secondary N) is 1. The predicted octanol–water partition coefficient (Wildman–Crippen LogP) is 2.12. The lowest BCUT2D eigenvalue weighted by atomic mass is 10.1. The van der Waals surface area contributed by atoms with Gasteiger partial charge in [-0.05, 0) is 30.7 Å². The van der Waals surface area contributed by atoms with Crippen molar-refractivity contribution < 1.29 is 9.84 Å². The van der Waals surface area contributed by atoms with E-state index in [2.05, 4.69) is 12.2 Å². The lowest BCUT2D eigenvalue weighted by Crippen LogP contribution is -2.22. The van der Waals surface area contributed by atoms with E-state index in [4.69, 9.17) is 4.74 Å². The third-order valence-corrected chi connectivity index (χ3v) is 2.52. The highest BCUT2D eigenvalue weighted by Gasteiger charge is 2.07. The molecule has 0 aromatic heterocycles. The first kappa shape index (κ1) is 13.0. The lowest BCUT2D eigenvalue weighted by molar-refractivity contribution is 0.174. The summed E-state index contributed by atoms with van der Waals surface area (Å²) < 4.78 is 5.12. The van der Waals surface area contributed by atoms with Crippen LogP contribution in [0, 0.1) is 0 Å². The number of unbranched alkanes of at least 4 members (excludes halogenated alkanes) is 1. The van der Waals surface area contributed by atoms with Gasteiger partial charge in [-0.3, -0.25) is 0 Å². The van der Waals surface area contributed by atoms with Crippen LogP contribution in [-0.4, -0.2) is 25.3 Å². The number of aliphatic hydroxyl groups is 1. The van der Waals surface area contributed by atoms with E-state index in [-0.39, 0.29) is 0 Å². The standard InChI is InChI=1S/C13H21NO2/c1-3-4-8-14-10-13(15)11-6-5-7-12(9-11)16-2/h5-7,9,13-15H,3-4,8,10H2,1-2H3. The van der Waals surface area contributed by atoms with Crippen molar-refractivity contribution in [2.75, 3.05) is 20.2 Å². The Bertz CT molecular complexity index is 302. The van der Waals surface area contributed by atoms with E-state index < -0.39 is 6.10 Å². The van der Waals surface area contributed by atoms with Crippen molar-refractivity contribution in [3.63, 3.8) is 0 Å². The summed E-state index contributed by atoms with van der Waals surface area (Å²) in [6.07, 6.45) is 1.85. The summed E-state index contributed by atoms with van der Waals surface area (Å²) >= 11 is 0. The van der Waals surface area contributed by atoms with Gasteiger partial charge in [0, 0.05) is 6.54 Å². The molecule has 1 aromatic carbocycles. The second-order valence-electron chi connectivity index (χ2n) is 3.85. The van der Waals surface area contributed by atoms with Gasteiger partial charge in [0.2, 0.25) is 0 Å². The fourth-order valence-corrected chi connectivity index (χ4v) is 1.51. The van der Waals surface area contributed by atoms with E-state index in [1.165, 1.54) is 6.42 Å². The summed E-state index contributed by atoms with van der Waals surface area (Å²) in [6.45, 7) is 3.70. The molecule has 90 valence electrons. The number of methoxy groups -OCH3 is 1. The monoisotopic (exact) mass is 223 g/mol. The Hall–Kier alpha value is -1.06. The Balaban J connectivity index is 2.42. The van der Waals surface area contributed by atoms with Crippen LogP contribution in [-0.2, 0) is 0 Å². The molecular weight excluding hydrogens is 202 g/mol. The molecule has 1 aromatic rings. The fourth-order valence-electron chi connectivity index (χ4n) is 1.51. The summed E-state index contributed by atoms with van der Waals surface area (Å²) in [4.78, 5) is 0. The van der Waals surface area contributed by atoms with Crippen molar-refractivity contribution in [3.05, 3.63) is 29.8 Å². The van der Waals surface area contributed by atoms with Gasteiger partial charge in [-0.25, -0.2) is 0 Å². The second kappa shape index (κ2) is 7.25. The molecule has 0 heterocycles. The molecule has 0 fully saturated rings. The predicted molar refractivity (Wildman–Crippen MR) is 65.7 cm³/mol. The minimum absolute atomic E-state index is 0.466. The van der Waals surface area contributed by atoms with Crippen LogP contribution in [0.1, 0.15) is 31.4 Å². The minimum atomic E-state index is -0.466. The average Bonchev–Trinajstić information content (AvgIpc) is 2.34. The van der Waals surface area contributed by atoms with E-state index >= 15 is 0 Å². The average molecular weight is 223 g/mol. The Morgan fingerprint density at radius 1 is 1.44 bits per heavy atom. The summed E-state index contributed by atoms with van der Waals surface area (Å²) in [6, 6.07) is 7.55. The van der Waals surface area contributed by atoms with Crippen LogP contribution >= 0.6 is 0 Å². The first-order chi connectivity index (χ1) is 7.77. The van der Waals surface area contributed by atoms with Gasteiger partial charge < -0.3 is 15.2 Å². The highest BCUT2D eigenvalue weighted by molar-refractivity contribution is 5.29. The topological polar surface area (TPSA) is 41.5 Å². The maximum atomic E-state index is 9.92. The number of benzene rings is 1. The summed E-state index contributed by atoms with van der Waals surface area (Å²) in [5.41, 5.74) is 0.892. The van der Waals surface area contributed by atoms with Crippen LogP contribution in [0.3, 0.4) is 0 Å². The maximum absolute atomic E-state index is 9.92. The van der Waals surface area contributed by atoms with Gasteiger partial charge in [0.05, 0.1) is 13.2 Å². The van der Waals surface area contributed by atoms with Crippen LogP contribution in [0.5, 0.6) is 5.75 Å². The van der Waals surface area contributed by atoms with Crippen molar-refractivity contribution in [3.8, 4) is 5.75 Å². The van der Waals surface area contributed by atoms with Gasteiger partial charge in [0.1, 0.15) is 5.75 Å². The van der Waals surface area contributed by atoms with Crippen molar-refractivity contribution >= 4 is 0 Å². The van der Waals surface area contributed by atoms with Crippen LogP contribution < -0.4 is 10.1 Å². The van der Waals surface area contributed by atoms with Crippen molar-refractivity contribution in [1.29, 1.82) is 0 Å². The number of hydrogen-bond donors (Lipinski definition) is 2. The summed E-state index contributed by atoms with van der Waals surface area (Å²) in [5, 5.41) is 13.2. The number of ether oxygens (including phenoxy) is 1. The molecule has 1 rings (SSSR count). The third kappa shape index (κ3) is 4.21. The number of hydrogen-bond acceptors (Lipinski definition) is 3. The molecule has 1 atom stereocenters. The largest absolute Gasteiger partial charge is 0.497 e. The summed E-state index contributed by atoms with van der Waals surface area (Å²) in [5.74, 6) is 0.783. The molecule has 3 heteroatoms. The molecule has 0 bridgehead atoms. The second-order valence-corrected chi connectivity index (χ2v) is 3.85. The van der Waals surface area contributed by atoms with Gasteiger partial charge in [-0.15, -0.1) is 0 Å². The van der Waals surface area contributed by atoms with Gasteiger partial charge >= 0.3 is 0 Å². The fraction of sp³-hybridized carbons (Fsp3) is 0.538. The zero-order valence-corrected chi connectivity index (χ0v) is 10.1. The van der Waals surface area contributed by atoms with E-state index in [1.54, 1.807) is 7.11 Å². The van der Waals surface area contributed by atoms with Crippen molar-refractivity contribution in [1.82, 2.24) is 5.32 Å². The van der Waals surface area contributed by atoms with E-state index in [0.717, 1.165) is 24.3 Å². The van der Waals surface area contributed by atoms with Crippen LogP contribution in [0.25, 0.3) is 0 Å². The molecule has 16 heavy (non-hydrogen) atoms. The molecule has 0 saturated carbocycles. The zero-order valence-electron chi connectivity index (χ0n) is 10.1. The highest BCUT2D eigenvalue weighted by Crippen LogP contribution is 2.18. The van der Waals surface area contributed by atoms with Crippen LogP contribution in [0.2, 0.25) is 0 Å². The van der Waals surface area contributed by atoms with Gasteiger partial charge in [-0.1, -0.05) is 25.5 Å². The molecule has 0 aliphatic carbocycles. The molecule has 0 aliphatic rings. The Morgan fingerprint density at radius 2 is 2.25 bits per heavy atom. The van der Waals surface area contributed by atoms with Crippen LogP contribution in [0.4, 0.5) is 0 Å². The van der Waals surface area contributed by atoms with E-state index in [9.17, 15) is 5.11 Å². The van der Waals surface area contributed by atoms with E-state index in [0.29, 0.717) is 6.54 Å². The van der Waals surface area contributed by atoms with Gasteiger partial charge in [-0.2, -0.15) is 0 Å². The van der Waals surface area contributed by atoms with Crippen molar-refractivity contribution in [2.45, 2.75) is 25.9 Å². The molecule has 0 spiro atoms. The molecule has 3 nitrogen and oxygen atoms in total. The first-order valence-electron chi connectivity index (χ1n) is 5.80. The highest BCUT2D eigenvalue weighted by atomic mass is 16.5. The molecule has 2 N–H and O–H groups in total. The number of rotatable bonds is 7. The molecule has 0 radical (unpaired) electrons. The summed E-state index contributed by atoms with van der Waals surface area (Å²) in [7, 11) is 1.63. The normalized spacial score (nSPS) is 12.4. The Labute approximate surface area is 97.4 Å². The van der Waals surface area contributed by atoms with E-state index in [1.807, 2.05) is 24.3 Å². The van der Waals surface area contributed by atoms with Crippen LogP contribution in [0.15, 0.2) is 24.3 Å². The number of aliphatic hydroxyl groups excluding tert-OH is 1. The van der Waals surface area contributed by atoms with Gasteiger partial charge in [0.25, 0.3) is 0 Å². The Morgan fingerprint density at radius 3 is 2.94 bits per heavy atom. The maximum Gasteiger partial charge on any atom is 0.119 e. The molecule has 0 amide bonds. The zero-order chi connectivity index (χ0) is 11.8. The minimum Gasteiger partial charge on any atom is -0.497 e. The Kier molecular flexibility index (Phi) is 5.90. The first-order valence-corrected chi connectivity index (χ1v) is 5.80. The smallest absolute Gasteiger partial charge is 0.119 e. The van der Waals surface area contributed by atoms with Gasteiger partial charge in [0.15, 0.2) is 0 Å². The SMILES string of the molecule is CCCCNCC(O)c1cccc(OC)c1.